The van der Waals surface area contributed by atoms with E-state index in [1.807, 2.05) is 55.8 Å². The van der Waals surface area contributed by atoms with Gasteiger partial charge in [-0.05, 0) is 144 Å². The van der Waals surface area contributed by atoms with Crippen LogP contribution in [0.5, 0.6) is 0 Å². The first-order valence-electron chi connectivity index (χ1n) is 27.6. The van der Waals surface area contributed by atoms with Gasteiger partial charge in [0, 0.05) is 99.9 Å². The van der Waals surface area contributed by atoms with Gasteiger partial charge in [-0.1, -0.05) is 18.2 Å². The lowest BCUT2D eigenvalue weighted by atomic mass is 9.57. The number of aromatic nitrogens is 5. The smallest absolute Gasteiger partial charge is 0.375 e. The van der Waals surface area contributed by atoms with Gasteiger partial charge in [-0.2, -0.15) is 18.4 Å². The normalized spacial score (nSPS) is 25.6. The number of halogens is 3. The molecule has 408 valence electrons. The minimum absolute atomic E-state index is 0.000156. The van der Waals surface area contributed by atoms with E-state index in [4.69, 9.17) is 4.74 Å². The van der Waals surface area contributed by atoms with Gasteiger partial charge in [-0.3, -0.25) is 38.6 Å². The molecule has 2 aliphatic carbocycles. The molecule has 5 aromatic rings. The minimum Gasteiger partial charge on any atom is -0.375 e. The topological polar surface area (TPSA) is 167 Å². The fourth-order valence-electron chi connectivity index (χ4n) is 13.8. The molecule has 0 spiro atoms. The number of hydrogen-bond acceptors (Lipinski definition) is 11. The number of nitrogens with one attached hydrogen (secondary N) is 1. The van der Waals surface area contributed by atoms with Gasteiger partial charge in [-0.25, -0.2) is 4.79 Å². The number of rotatable bonds is 13. The van der Waals surface area contributed by atoms with E-state index in [2.05, 4.69) is 56.2 Å². The number of nitriles is 1. The number of fused-ring (bicyclic) bond motifs is 2. The molecule has 1 atom stereocenters. The number of ether oxygens (including phenoxy) is 1. The summed E-state index contributed by atoms with van der Waals surface area (Å²) in [5.41, 5.74) is 2.76. The Kier molecular flexibility index (Phi) is 14.0. The molecule has 1 unspecified atom stereocenters. The van der Waals surface area contributed by atoms with Crippen LogP contribution in [0.4, 0.5) is 24.5 Å². The summed E-state index contributed by atoms with van der Waals surface area (Å²) in [6.07, 6.45) is 5.43. The van der Waals surface area contributed by atoms with Crippen molar-refractivity contribution in [3.05, 3.63) is 105 Å². The lowest BCUT2D eigenvalue weighted by molar-refractivity contribution is -0.138. The fourth-order valence-corrected chi connectivity index (χ4v) is 13.8. The van der Waals surface area contributed by atoms with Crippen molar-refractivity contribution in [1.29, 1.82) is 5.26 Å². The van der Waals surface area contributed by atoms with Crippen LogP contribution in [0.15, 0.2) is 65.7 Å². The van der Waals surface area contributed by atoms with Gasteiger partial charge in [0.1, 0.15) is 18.2 Å². The molecule has 2 aromatic heterocycles. The SMILES string of the molecule is CC(C)n1c(=O)n(C2CCC(=O)NC2=O)c2cccc(N3CCC(OC4CCC(CN5CCN(Cc6cc7c(c(C(F)(F)F)c6)CN(c6cccc(C8(Cc9nncn9C)CC(C#N)C8)c6)C7=O)C(C)(C)C5)CC4)CC3)c21. The number of piperazine rings is 1. The van der Waals surface area contributed by atoms with E-state index in [9.17, 15) is 37.6 Å². The number of carbonyl (C=O) groups excluding carboxylic acids is 3. The Morgan fingerprint density at radius 3 is 2.32 bits per heavy atom. The second-order valence-corrected chi connectivity index (χ2v) is 23.8. The van der Waals surface area contributed by atoms with E-state index in [-0.39, 0.29) is 71.8 Å². The molecule has 19 heteroatoms. The van der Waals surface area contributed by atoms with Crippen molar-refractivity contribution in [3.8, 4) is 6.07 Å². The predicted molar refractivity (Wildman–Crippen MR) is 284 cm³/mol. The monoisotopic (exact) mass is 1060 g/mol. The van der Waals surface area contributed by atoms with Crippen LogP contribution in [0.1, 0.15) is 142 Å². The van der Waals surface area contributed by atoms with Gasteiger partial charge < -0.3 is 19.1 Å². The number of aryl methyl sites for hydroxylation is 1. The van der Waals surface area contributed by atoms with Crippen molar-refractivity contribution < 1.29 is 32.3 Å². The summed E-state index contributed by atoms with van der Waals surface area (Å²) in [5.74, 6) is -0.0240. The minimum atomic E-state index is -4.65. The maximum atomic E-state index is 15.0. The summed E-state index contributed by atoms with van der Waals surface area (Å²) >= 11 is 0. The molecule has 5 fully saturated rings. The first-order chi connectivity index (χ1) is 36.8. The zero-order valence-corrected chi connectivity index (χ0v) is 44.8. The molecule has 3 amide bonds. The Morgan fingerprint density at radius 1 is 0.909 bits per heavy atom. The molecule has 2 saturated carbocycles. The Labute approximate surface area is 447 Å². The van der Waals surface area contributed by atoms with Crippen molar-refractivity contribution in [2.75, 3.05) is 49.1 Å². The Hall–Kier alpha value is -6.36. The molecule has 3 saturated heterocycles. The van der Waals surface area contributed by atoms with Gasteiger partial charge in [0.2, 0.25) is 11.8 Å². The average molecular weight is 1060 g/mol. The van der Waals surface area contributed by atoms with E-state index < -0.39 is 35.0 Å². The summed E-state index contributed by atoms with van der Waals surface area (Å²) < 4.78 is 56.9. The maximum Gasteiger partial charge on any atom is 0.416 e. The third kappa shape index (κ3) is 10.1. The van der Waals surface area contributed by atoms with Crippen molar-refractivity contribution >= 4 is 40.1 Å². The van der Waals surface area contributed by atoms with E-state index in [1.165, 1.54) is 11.0 Å². The predicted octanol–water partition coefficient (Wildman–Crippen LogP) is 8.22. The van der Waals surface area contributed by atoms with Crippen molar-refractivity contribution in [3.63, 3.8) is 0 Å². The molecule has 0 radical (unpaired) electrons. The highest BCUT2D eigenvalue weighted by Crippen LogP contribution is 2.51. The van der Waals surface area contributed by atoms with Gasteiger partial charge in [-0.15, -0.1) is 10.2 Å². The summed E-state index contributed by atoms with van der Waals surface area (Å²) in [6.45, 7) is 13.2. The number of benzene rings is 3. The fraction of sp³-hybridized carbons (Fsp3) is 0.569. The standard InChI is InChI=1S/C58H70F3N11O5/c1-36(2)71-52-47(10-7-11-48(52)72(55(71)76)49-16-17-51(73)64-53(49)74)68-20-18-43(19-21-68)77-42-14-12-37(13-15-42)31-67-22-23-69(56(3,4)34-67)32-38-24-44-45(46(25-38)58(59,60)61)33-70(54(44)75)41-9-6-8-40(26-41)57(27-39(28-57)30-62)29-50-65-63-35-66(50)5/h6-11,24-26,35-37,39,42-43,49H,12-23,27-29,31-34H2,1-5H3,(H,64,73,74). The molecule has 6 aliphatic rings. The number of imidazole rings is 1. The van der Waals surface area contributed by atoms with Gasteiger partial charge in [0.25, 0.3) is 5.91 Å². The molecular formula is C58H70F3N11O5. The molecule has 3 aromatic carbocycles. The first kappa shape index (κ1) is 52.7. The first-order valence-corrected chi connectivity index (χ1v) is 27.6. The lowest BCUT2D eigenvalue weighted by Crippen LogP contribution is -2.59. The summed E-state index contributed by atoms with van der Waals surface area (Å²) in [4.78, 5) is 61.7. The highest BCUT2D eigenvalue weighted by molar-refractivity contribution is 6.10. The number of imide groups is 1. The van der Waals surface area contributed by atoms with E-state index in [0.717, 1.165) is 93.8 Å². The van der Waals surface area contributed by atoms with Crippen LogP contribution in [0.2, 0.25) is 0 Å². The Morgan fingerprint density at radius 2 is 1.65 bits per heavy atom. The number of piperidine rings is 2. The number of amides is 3. The maximum absolute atomic E-state index is 15.0. The van der Waals surface area contributed by atoms with Crippen molar-refractivity contribution in [1.82, 2.24) is 39.0 Å². The van der Waals surface area contributed by atoms with Crippen LogP contribution in [0, 0.1) is 23.2 Å². The van der Waals surface area contributed by atoms with E-state index >= 15 is 0 Å². The van der Waals surface area contributed by atoms with E-state index in [0.29, 0.717) is 55.0 Å². The zero-order valence-electron chi connectivity index (χ0n) is 44.8. The second-order valence-electron chi connectivity index (χ2n) is 23.8. The number of anilines is 2. The molecule has 6 heterocycles. The third-order valence-electron chi connectivity index (χ3n) is 17.9. The van der Waals surface area contributed by atoms with Gasteiger partial charge in [0.05, 0.1) is 47.1 Å². The van der Waals surface area contributed by atoms with Gasteiger partial charge in [0.15, 0.2) is 0 Å². The Balaban J connectivity index is 0.685. The molecule has 77 heavy (non-hydrogen) atoms. The quantitative estimate of drug-likeness (QED) is 0.113. The lowest BCUT2D eigenvalue weighted by Gasteiger charge is -2.48. The Bertz CT molecular complexity index is 3190. The molecule has 1 N–H and O–H groups in total. The average Bonchev–Trinajstić information content (AvgIpc) is 4.06. The van der Waals surface area contributed by atoms with Crippen molar-refractivity contribution in [2.45, 2.75) is 153 Å². The summed E-state index contributed by atoms with van der Waals surface area (Å²) in [6, 6.07) is 17.8. The zero-order chi connectivity index (χ0) is 54.1. The molecule has 0 bridgehead atoms. The third-order valence-corrected chi connectivity index (χ3v) is 17.9. The van der Waals surface area contributed by atoms with Crippen molar-refractivity contribution in [2.24, 2.45) is 18.9 Å². The highest BCUT2D eigenvalue weighted by Gasteiger charge is 2.48. The van der Waals surface area contributed by atoms with Crippen LogP contribution in [0.25, 0.3) is 11.0 Å². The van der Waals surface area contributed by atoms with Crippen LogP contribution < -0.4 is 20.8 Å². The van der Waals surface area contributed by atoms with Crippen LogP contribution in [-0.2, 0) is 52.5 Å². The number of carbonyl (C=O) groups is 3. The number of hydrogen-bond donors (Lipinski definition) is 1. The van der Waals surface area contributed by atoms with E-state index in [1.54, 1.807) is 27.6 Å². The largest absolute Gasteiger partial charge is 0.416 e. The summed E-state index contributed by atoms with van der Waals surface area (Å²) in [5, 5.41) is 20.5. The van der Waals surface area contributed by atoms with Crippen LogP contribution in [-0.4, -0.2) is 108 Å². The second kappa shape index (κ2) is 20.5. The molecule has 16 nitrogen and oxygen atoms in total. The molecular weight excluding hydrogens is 988 g/mol. The number of alkyl halides is 3. The highest BCUT2D eigenvalue weighted by atomic mass is 19.4. The van der Waals surface area contributed by atoms with Crippen LogP contribution in [0.3, 0.4) is 0 Å². The number of para-hydroxylation sites is 1. The van der Waals surface area contributed by atoms with Crippen LogP contribution >= 0.6 is 0 Å². The summed E-state index contributed by atoms with van der Waals surface area (Å²) in [7, 11) is 1.87. The van der Waals surface area contributed by atoms with Gasteiger partial charge >= 0.3 is 11.9 Å². The number of nitrogens with zero attached hydrogens (tertiary/aromatic N) is 10. The molecule has 4 aliphatic heterocycles. The molecule has 11 rings (SSSR count).